The van der Waals surface area contributed by atoms with Crippen LogP contribution in [0.25, 0.3) is 10.9 Å². The molecule has 3 aromatic rings. The highest BCUT2D eigenvalue weighted by Gasteiger charge is 2.44. The van der Waals surface area contributed by atoms with E-state index in [0.717, 1.165) is 22.0 Å². The summed E-state index contributed by atoms with van der Waals surface area (Å²) in [6.07, 6.45) is 5.37. The number of hydrogen-bond donors (Lipinski definition) is 2. The van der Waals surface area contributed by atoms with Crippen molar-refractivity contribution in [1.82, 2.24) is 9.97 Å². The summed E-state index contributed by atoms with van der Waals surface area (Å²) in [5, 5.41) is 12.7. The third kappa shape index (κ3) is 2.05. The highest BCUT2D eigenvalue weighted by Crippen LogP contribution is 2.46. The monoisotopic (exact) mass is 280 g/mol. The Morgan fingerprint density at radius 2 is 1.81 bits per heavy atom. The van der Waals surface area contributed by atoms with E-state index in [4.69, 9.17) is 0 Å². The van der Waals surface area contributed by atoms with Crippen LogP contribution in [0.15, 0.2) is 55.0 Å². The van der Waals surface area contributed by atoms with Crippen LogP contribution in [0, 0.1) is 5.41 Å². The number of benzene rings is 1. The van der Waals surface area contributed by atoms with E-state index in [1.165, 1.54) is 0 Å². The second-order valence-corrected chi connectivity index (χ2v) is 6.45. The fourth-order valence-corrected chi connectivity index (χ4v) is 2.94. The second-order valence-electron chi connectivity index (χ2n) is 6.45. The molecule has 0 radical (unpaired) electrons. The standard InChI is InChI=1S/C18H20N2O/c1-17(2,3)18(21,13-7-6-10-19-11-13)15-12-20-16-9-5-4-8-14(15)16/h4-12,20-21H,1-3H3. The number of fused-ring (bicyclic) bond motifs is 1. The molecule has 3 rings (SSSR count). The molecule has 0 aliphatic heterocycles. The van der Waals surface area contributed by atoms with E-state index in [1.54, 1.807) is 12.4 Å². The summed E-state index contributed by atoms with van der Waals surface area (Å²) in [6, 6.07) is 11.8. The van der Waals surface area contributed by atoms with Crippen molar-refractivity contribution in [2.75, 3.05) is 0 Å². The zero-order chi connectivity index (χ0) is 15.1. The van der Waals surface area contributed by atoms with Crippen molar-refractivity contribution in [2.24, 2.45) is 5.41 Å². The smallest absolute Gasteiger partial charge is 0.123 e. The Morgan fingerprint density at radius 1 is 1.05 bits per heavy atom. The Labute approximate surface area is 124 Å². The van der Waals surface area contributed by atoms with Crippen molar-refractivity contribution in [3.63, 3.8) is 0 Å². The molecule has 1 unspecified atom stereocenters. The van der Waals surface area contributed by atoms with E-state index in [0.29, 0.717) is 0 Å². The highest BCUT2D eigenvalue weighted by molar-refractivity contribution is 5.84. The first kappa shape index (κ1) is 13.8. The molecule has 0 amide bonds. The van der Waals surface area contributed by atoms with E-state index in [-0.39, 0.29) is 5.41 Å². The summed E-state index contributed by atoms with van der Waals surface area (Å²) in [5.74, 6) is 0. The highest BCUT2D eigenvalue weighted by atomic mass is 16.3. The molecule has 0 fully saturated rings. The minimum atomic E-state index is -1.11. The minimum Gasteiger partial charge on any atom is -0.380 e. The van der Waals surface area contributed by atoms with Crippen molar-refractivity contribution < 1.29 is 5.11 Å². The number of nitrogens with zero attached hydrogens (tertiary/aromatic N) is 1. The Kier molecular flexibility index (Phi) is 3.10. The van der Waals surface area contributed by atoms with Gasteiger partial charge in [0.05, 0.1) is 0 Å². The number of aliphatic hydroxyl groups is 1. The average Bonchev–Trinajstić information content (AvgIpc) is 2.90. The van der Waals surface area contributed by atoms with Crippen LogP contribution in [0.4, 0.5) is 0 Å². The predicted octanol–water partition coefficient (Wildman–Crippen LogP) is 3.84. The molecule has 0 aliphatic carbocycles. The molecule has 2 N–H and O–H groups in total. The van der Waals surface area contributed by atoms with Crippen molar-refractivity contribution in [2.45, 2.75) is 26.4 Å². The van der Waals surface area contributed by atoms with Gasteiger partial charge in [-0.05, 0) is 17.5 Å². The number of aromatic amines is 1. The molecule has 3 nitrogen and oxygen atoms in total. The maximum atomic E-state index is 11.6. The quantitative estimate of drug-likeness (QED) is 0.749. The van der Waals surface area contributed by atoms with Crippen molar-refractivity contribution >= 4 is 10.9 Å². The SMILES string of the molecule is CC(C)(C)C(O)(c1cccnc1)c1c[nH]c2ccccc12. The van der Waals surface area contributed by atoms with Crippen LogP contribution in [0.5, 0.6) is 0 Å². The zero-order valence-corrected chi connectivity index (χ0v) is 12.6. The number of aromatic nitrogens is 2. The average molecular weight is 280 g/mol. The molecule has 108 valence electrons. The summed E-state index contributed by atoms with van der Waals surface area (Å²) in [6.45, 7) is 6.13. The van der Waals surface area contributed by atoms with Crippen LogP contribution in [0.1, 0.15) is 31.9 Å². The van der Waals surface area contributed by atoms with Crippen LogP contribution in [-0.4, -0.2) is 15.1 Å². The van der Waals surface area contributed by atoms with Gasteiger partial charge in [0.25, 0.3) is 0 Å². The molecule has 0 aliphatic rings. The van der Waals surface area contributed by atoms with Gasteiger partial charge in [0.1, 0.15) is 5.60 Å². The van der Waals surface area contributed by atoms with Crippen LogP contribution >= 0.6 is 0 Å². The third-order valence-electron chi connectivity index (χ3n) is 4.14. The van der Waals surface area contributed by atoms with Crippen LogP contribution in [0.3, 0.4) is 0 Å². The van der Waals surface area contributed by atoms with Gasteiger partial charge in [-0.25, -0.2) is 0 Å². The number of rotatable bonds is 2. The van der Waals surface area contributed by atoms with Crippen molar-refractivity contribution in [3.05, 3.63) is 66.1 Å². The van der Waals surface area contributed by atoms with Crippen LogP contribution in [-0.2, 0) is 5.60 Å². The van der Waals surface area contributed by atoms with Gasteiger partial charge in [-0.15, -0.1) is 0 Å². The fraction of sp³-hybridized carbons (Fsp3) is 0.278. The summed E-state index contributed by atoms with van der Waals surface area (Å²) in [7, 11) is 0. The van der Waals surface area contributed by atoms with Crippen molar-refractivity contribution in [1.29, 1.82) is 0 Å². The first-order valence-corrected chi connectivity index (χ1v) is 7.14. The lowest BCUT2D eigenvalue weighted by molar-refractivity contribution is -0.0249. The van der Waals surface area contributed by atoms with Crippen molar-refractivity contribution in [3.8, 4) is 0 Å². The van der Waals surface area contributed by atoms with Gasteiger partial charge in [-0.1, -0.05) is 45.0 Å². The summed E-state index contributed by atoms with van der Waals surface area (Å²) < 4.78 is 0. The van der Waals surface area contributed by atoms with Gasteiger partial charge in [0.15, 0.2) is 0 Å². The van der Waals surface area contributed by atoms with Gasteiger partial charge in [0, 0.05) is 40.6 Å². The molecule has 2 aromatic heterocycles. The molecule has 0 saturated heterocycles. The Bertz CT molecular complexity index is 755. The molecule has 21 heavy (non-hydrogen) atoms. The van der Waals surface area contributed by atoms with Gasteiger partial charge in [-0.3, -0.25) is 4.98 Å². The topological polar surface area (TPSA) is 48.9 Å². The van der Waals surface area contributed by atoms with E-state index in [2.05, 4.69) is 9.97 Å². The molecule has 1 atom stereocenters. The summed E-state index contributed by atoms with van der Waals surface area (Å²) >= 11 is 0. The van der Waals surface area contributed by atoms with E-state index < -0.39 is 5.60 Å². The van der Waals surface area contributed by atoms with E-state index in [1.807, 2.05) is 63.4 Å². The lowest BCUT2D eigenvalue weighted by Gasteiger charge is -2.40. The normalized spacial score (nSPS) is 15.0. The molecular formula is C18H20N2O. The van der Waals surface area contributed by atoms with Gasteiger partial charge >= 0.3 is 0 Å². The first-order valence-electron chi connectivity index (χ1n) is 7.14. The number of H-pyrrole nitrogens is 1. The molecule has 3 heteroatoms. The Balaban J connectivity index is 2.31. The van der Waals surface area contributed by atoms with E-state index in [9.17, 15) is 5.11 Å². The summed E-state index contributed by atoms with van der Waals surface area (Å²) in [5.41, 5.74) is 1.24. The maximum Gasteiger partial charge on any atom is 0.123 e. The van der Waals surface area contributed by atoms with Gasteiger partial charge < -0.3 is 10.1 Å². The molecule has 1 aromatic carbocycles. The first-order chi connectivity index (χ1) is 9.94. The lowest BCUT2D eigenvalue weighted by atomic mass is 9.68. The van der Waals surface area contributed by atoms with Crippen LogP contribution in [0.2, 0.25) is 0 Å². The number of pyridine rings is 1. The minimum absolute atomic E-state index is 0.374. The number of nitrogens with one attached hydrogen (secondary N) is 1. The maximum absolute atomic E-state index is 11.6. The van der Waals surface area contributed by atoms with Crippen LogP contribution < -0.4 is 0 Å². The van der Waals surface area contributed by atoms with Gasteiger partial charge in [-0.2, -0.15) is 0 Å². The third-order valence-corrected chi connectivity index (χ3v) is 4.14. The molecule has 0 spiro atoms. The second kappa shape index (κ2) is 4.71. The molecule has 2 heterocycles. The molecule has 0 bridgehead atoms. The largest absolute Gasteiger partial charge is 0.380 e. The Hall–Kier alpha value is -2.13. The number of para-hydroxylation sites is 1. The molecular weight excluding hydrogens is 260 g/mol. The Morgan fingerprint density at radius 3 is 2.48 bits per heavy atom. The lowest BCUT2D eigenvalue weighted by Crippen LogP contribution is -2.41. The zero-order valence-electron chi connectivity index (χ0n) is 12.6. The molecule has 0 saturated carbocycles. The predicted molar refractivity (Wildman–Crippen MR) is 85.0 cm³/mol. The number of hydrogen-bond acceptors (Lipinski definition) is 2. The fourth-order valence-electron chi connectivity index (χ4n) is 2.94. The van der Waals surface area contributed by atoms with E-state index >= 15 is 0 Å². The summed E-state index contributed by atoms with van der Waals surface area (Å²) in [4.78, 5) is 7.44. The van der Waals surface area contributed by atoms with Gasteiger partial charge in [0.2, 0.25) is 0 Å².